The van der Waals surface area contributed by atoms with E-state index in [9.17, 15) is 101 Å². The van der Waals surface area contributed by atoms with E-state index in [0.717, 1.165) is 99.0 Å². The van der Waals surface area contributed by atoms with E-state index in [1.807, 2.05) is 0 Å². The number of carboxylic acids is 4. The van der Waals surface area contributed by atoms with E-state index in [2.05, 4.69) is 0 Å². The molecule has 0 fully saturated rings. The van der Waals surface area contributed by atoms with Gasteiger partial charge in [-0.1, -0.05) is 0 Å². The predicted molar refractivity (Wildman–Crippen MR) is 234 cm³/mol. The molecule has 4 aromatic heterocycles. The summed E-state index contributed by atoms with van der Waals surface area (Å²) in [6.07, 6.45) is 13.0. The molecular weight excluding hydrogens is 1270 g/mol. The molecule has 44 nitrogen and oxygen atoms in total. The van der Waals surface area contributed by atoms with Gasteiger partial charge in [0.25, 0.3) is 5.08 Å². The molecule has 456 valence electrons. The van der Waals surface area contributed by atoms with Gasteiger partial charge < -0.3 is 142 Å². The van der Waals surface area contributed by atoms with Crippen LogP contribution < -0.4 is 42.7 Å². The topological polar surface area (TPSA) is 740 Å². The van der Waals surface area contributed by atoms with E-state index in [1.165, 1.54) is 12.4 Å². The second-order valence-corrected chi connectivity index (χ2v) is 31.7. The monoisotopic (exact) mass is 1320 g/mol. The predicted octanol–water partition coefficient (Wildman–Crippen LogP) is -11.7. The molecule has 80 heavy (non-hydrogen) atoms. The number of carbonyl (C=O) groups is 4. The van der Waals surface area contributed by atoms with Crippen molar-refractivity contribution in [2.75, 3.05) is 0 Å². The summed E-state index contributed by atoms with van der Waals surface area (Å²) in [7, 11) is -45.9. The van der Waals surface area contributed by atoms with Gasteiger partial charge in [-0.05, 0) is 0 Å². The summed E-state index contributed by atoms with van der Waals surface area (Å²) in [4.78, 5) is 194. The lowest BCUT2D eigenvalue weighted by atomic mass is 10.6. The third-order valence-corrected chi connectivity index (χ3v) is 24.1. The molecule has 0 aliphatic carbocycles. The molecule has 0 aliphatic heterocycles. The lowest BCUT2D eigenvalue weighted by Gasteiger charge is -2.40. The molecule has 4 rings (SSSR count). The van der Waals surface area contributed by atoms with Gasteiger partial charge in [0, 0.05) is 0 Å². The second-order valence-electron chi connectivity index (χ2n) is 15.9. The number of imidazole rings is 4. The normalized spacial score (nSPS) is 18.2. The smallest absolute Gasteiger partial charge is 0.373 e. The van der Waals surface area contributed by atoms with Gasteiger partial charge in [0.05, 0.1) is 0 Å². The first-order chi connectivity index (χ1) is 35.5. The fraction of sp³-hybridized carbons (Fsp3) is 0.429. The summed E-state index contributed by atoms with van der Waals surface area (Å²) in [5.74, 6) is -4.81. The fourth-order valence-corrected chi connectivity index (χ4v) is 13.5. The summed E-state index contributed by atoms with van der Waals surface area (Å²) < 4.78 is 95.7. The fourth-order valence-electron chi connectivity index (χ4n) is 5.48. The molecule has 0 amide bonds. The van der Waals surface area contributed by atoms with Gasteiger partial charge in [-0.15, -0.1) is 0 Å². The largest absolute Gasteiger partial charge is 0.776 e. The average molecular weight is 1320 g/mol. The lowest BCUT2D eigenvalue weighted by Crippen LogP contribution is -2.41. The molecule has 0 aromatic carbocycles. The Bertz CT molecular complexity index is 2730. The van der Waals surface area contributed by atoms with Crippen LogP contribution in [0.1, 0.15) is 0 Å². The Kier molecular flexibility index (Phi) is 24.5. The Labute approximate surface area is 442 Å². The Morgan fingerprint density at radius 1 is 0.338 bits per heavy atom. The van der Waals surface area contributed by atoms with Crippen LogP contribution in [-0.2, 0) is 108 Å². The maximum absolute atomic E-state index is 11.1. The molecule has 0 bridgehead atoms. The number of rotatable bonds is 24. The summed E-state index contributed by atoms with van der Waals surface area (Å²) >= 11 is 0. The minimum absolute atomic E-state index is 0.461. The molecular formula is C28H47N8O36P8-. The highest BCUT2D eigenvalue weighted by atomic mass is 31.3. The van der Waals surface area contributed by atoms with Crippen LogP contribution in [0.2, 0.25) is 0 Å². The van der Waals surface area contributed by atoms with E-state index >= 15 is 0 Å². The van der Waals surface area contributed by atoms with Crippen molar-refractivity contribution < 1.29 is 193 Å². The maximum Gasteiger partial charge on any atom is 0.373 e. The lowest BCUT2D eigenvalue weighted by molar-refractivity contribution is -0.685. The van der Waals surface area contributed by atoms with Gasteiger partial charge in [-0.3, -0.25) is 13.7 Å². The first-order valence-electron chi connectivity index (χ1n) is 19.8. The van der Waals surface area contributed by atoms with Crippen molar-refractivity contribution in [1.82, 2.24) is 18.3 Å². The van der Waals surface area contributed by atoms with Gasteiger partial charge in [0.1, 0.15) is 75.8 Å². The molecule has 0 saturated heterocycles. The van der Waals surface area contributed by atoms with Gasteiger partial charge in [-0.25, -0.2) is 55.7 Å². The van der Waals surface area contributed by atoms with Crippen molar-refractivity contribution in [3.63, 3.8) is 0 Å². The summed E-state index contributed by atoms with van der Waals surface area (Å²) in [5.41, 5.74) is 0. The van der Waals surface area contributed by atoms with Crippen LogP contribution in [0.25, 0.3) is 0 Å². The molecule has 4 heterocycles. The first kappa shape index (κ1) is 73.8. The van der Waals surface area contributed by atoms with Crippen molar-refractivity contribution in [3.05, 3.63) is 74.9 Å². The Hall–Kier alpha value is -4.24. The zero-order chi connectivity index (χ0) is 63.1. The van der Waals surface area contributed by atoms with E-state index in [1.54, 1.807) is 0 Å². The van der Waals surface area contributed by atoms with Crippen molar-refractivity contribution in [3.8, 4) is 0 Å². The van der Waals surface area contributed by atoms with E-state index in [4.69, 9.17) is 74.3 Å². The number of nitrogens with zero attached hydrogens (tertiary/aromatic N) is 8. The zero-order valence-corrected chi connectivity index (χ0v) is 46.3. The second kappa shape index (κ2) is 26.6. The Morgan fingerprint density at radius 3 is 0.650 bits per heavy atom. The highest BCUT2D eigenvalue weighted by Crippen LogP contribution is 2.69. The number of carboxylic acid groups (broad SMARTS) is 4. The van der Waals surface area contributed by atoms with Crippen molar-refractivity contribution in [2.45, 2.75) is 72.7 Å². The molecule has 4 aromatic rings. The van der Waals surface area contributed by atoms with Crippen molar-refractivity contribution in [2.24, 2.45) is 0 Å². The highest BCUT2D eigenvalue weighted by molar-refractivity contribution is 7.72. The van der Waals surface area contributed by atoms with E-state index < -0.39 is 157 Å². The van der Waals surface area contributed by atoms with Crippen LogP contribution in [0.15, 0.2) is 74.9 Å². The van der Waals surface area contributed by atoms with Crippen LogP contribution in [-0.4, -0.2) is 157 Å². The molecule has 0 spiro atoms. The first-order valence-corrected chi connectivity index (χ1v) is 32.5. The van der Waals surface area contributed by atoms with Crippen LogP contribution >= 0.6 is 60.8 Å². The van der Waals surface area contributed by atoms with Crippen LogP contribution in [0, 0.1) is 0 Å². The minimum atomic E-state index is -5.86. The van der Waals surface area contributed by atoms with Crippen LogP contribution in [0.4, 0.5) is 0 Å². The molecule has 19 N–H and O–H groups in total. The van der Waals surface area contributed by atoms with Crippen LogP contribution in [0.5, 0.6) is 0 Å². The number of aliphatic carboxylic acids is 4. The maximum atomic E-state index is 11.1. The average Bonchev–Trinajstić information content (AvgIpc) is 4.04. The summed E-state index contributed by atoms with van der Waals surface area (Å²) in [5, 5.41) is 57.5. The number of aliphatic hydroxyl groups is 4. The van der Waals surface area contributed by atoms with E-state index in [-0.39, 0.29) is 0 Å². The third kappa shape index (κ3) is 20.0. The molecule has 0 radical (unpaired) electrons. The standard InChI is InChI=1S/4C7H12N2O9P2/c4*10-6(11)3-8-1-2-9(5-8)4-7(12,19(13,14)15)20(16,17)18/h4*1-2,5,12H,3-4H2,(H4-,10,11,13,14,15,16,17,18)/p-1. The highest BCUT2D eigenvalue weighted by Gasteiger charge is 2.61. The number of hydrogen-bond acceptors (Lipinski definition) is 21. The minimum Gasteiger partial charge on any atom is -0.776 e. The van der Waals surface area contributed by atoms with Gasteiger partial charge >= 0.3 is 51.7 Å². The van der Waals surface area contributed by atoms with Gasteiger partial charge in [-0.2, -0.15) is 0 Å². The molecule has 52 heteroatoms. The van der Waals surface area contributed by atoms with Gasteiger partial charge in [0.2, 0.25) is 35.5 Å². The third-order valence-electron chi connectivity index (χ3n) is 9.50. The van der Waals surface area contributed by atoms with Crippen molar-refractivity contribution in [1.29, 1.82) is 0 Å². The van der Waals surface area contributed by atoms with Crippen LogP contribution in [0.3, 0.4) is 0 Å². The SMILES string of the molecule is O=C(O)C[n+]1ccn(CC(O)(P(=O)(O)O)P(=O)(O)O)c1.O=C(O)C[n+]1ccn(CC(O)(P(=O)([O-])O)P(=O)(O)O)c1.O=C(O)C[n+]1ccn(CC(O)(P(=O)([O-])O)P(=O)([O-])O)c1.O=C(O)C[n+]1ccn(CC(O)(P(=O)([O-])O)P(=O)([O-])O)c1. The summed E-state index contributed by atoms with van der Waals surface area (Å²) in [6, 6.07) is 0. The summed E-state index contributed by atoms with van der Waals surface area (Å²) in [6.45, 7) is -6.65. The molecule has 0 aliphatic rings. The number of aromatic nitrogens is 8. The molecule has 6 atom stereocenters. The van der Waals surface area contributed by atoms with E-state index in [0.29, 0.717) is 0 Å². The Balaban J connectivity index is 0.000000533. The van der Waals surface area contributed by atoms with Gasteiger partial charge in [0.15, 0.2) is 64.2 Å². The zero-order valence-electron chi connectivity index (χ0n) is 39.2. The van der Waals surface area contributed by atoms with Crippen molar-refractivity contribution >= 4 is 84.6 Å². The Morgan fingerprint density at radius 2 is 0.500 bits per heavy atom. The molecule has 6 unspecified atom stereocenters. The molecule has 0 saturated carbocycles. The quantitative estimate of drug-likeness (QED) is 0.0229. The number of hydrogen-bond donors (Lipinski definition) is 19.